The van der Waals surface area contributed by atoms with E-state index in [2.05, 4.69) is 5.32 Å². The first-order valence-electron chi connectivity index (χ1n) is 6.19. The molecule has 0 fully saturated rings. The van der Waals surface area contributed by atoms with E-state index >= 15 is 0 Å². The molecule has 0 aliphatic heterocycles. The third-order valence-electron chi connectivity index (χ3n) is 2.97. The molecule has 0 aromatic carbocycles. The van der Waals surface area contributed by atoms with Crippen molar-refractivity contribution in [1.82, 2.24) is 14.5 Å². The van der Waals surface area contributed by atoms with Crippen molar-refractivity contribution >= 4 is 28.8 Å². The molecule has 2 aromatic heterocycles. The maximum absolute atomic E-state index is 12.0. The maximum Gasteiger partial charge on any atom is 0.331 e. The van der Waals surface area contributed by atoms with Gasteiger partial charge < -0.3 is 5.32 Å². The topological polar surface area (TPSA) is 73.1 Å². The molecule has 2 heterocycles. The van der Waals surface area contributed by atoms with E-state index in [1.807, 2.05) is 13.0 Å². The number of nitrogens with zero attached hydrogens (tertiary/aromatic N) is 2. The van der Waals surface area contributed by atoms with E-state index in [1.54, 1.807) is 6.07 Å². The molecule has 0 aliphatic rings. The average molecular weight is 328 g/mol. The van der Waals surface area contributed by atoms with E-state index in [0.29, 0.717) is 4.34 Å². The van der Waals surface area contributed by atoms with Gasteiger partial charge in [-0.15, -0.1) is 11.3 Å². The summed E-state index contributed by atoms with van der Waals surface area (Å²) >= 11 is 7.24. The number of hydrogen-bond acceptors (Lipinski definition) is 4. The zero-order valence-corrected chi connectivity index (χ0v) is 13.1. The van der Waals surface area contributed by atoms with E-state index in [-0.39, 0.29) is 18.5 Å². The van der Waals surface area contributed by atoms with Gasteiger partial charge in [0.15, 0.2) is 0 Å². The summed E-state index contributed by atoms with van der Waals surface area (Å²) in [6.07, 6.45) is 1.32. The van der Waals surface area contributed by atoms with Crippen LogP contribution in [0.15, 0.2) is 34.0 Å². The lowest BCUT2D eigenvalue weighted by Crippen LogP contribution is -2.40. The predicted molar refractivity (Wildman–Crippen MR) is 81.8 cm³/mol. The van der Waals surface area contributed by atoms with Crippen molar-refractivity contribution in [2.45, 2.75) is 19.5 Å². The van der Waals surface area contributed by atoms with Crippen LogP contribution in [0.3, 0.4) is 0 Å². The Hall–Kier alpha value is -1.86. The molecule has 21 heavy (non-hydrogen) atoms. The highest BCUT2D eigenvalue weighted by Gasteiger charge is 2.13. The monoisotopic (exact) mass is 327 g/mol. The van der Waals surface area contributed by atoms with Crippen LogP contribution in [0, 0.1) is 0 Å². The first-order chi connectivity index (χ1) is 9.88. The first-order valence-corrected chi connectivity index (χ1v) is 7.39. The van der Waals surface area contributed by atoms with Gasteiger partial charge in [0.2, 0.25) is 5.91 Å². The lowest BCUT2D eigenvalue weighted by Gasteiger charge is -2.13. The molecule has 8 heteroatoms. The maximum atomic E-state index is 12.0. The van der Waals surface area contributed by atoms with Crippen LogP contribution in [0.1, 0.15) is 17.8 Å². The molecule has 0 bridgehead atoms. The van der Waals surface area contributed by atoms with Crippen molar-refractivity contribution in [3.05, 3.63) is 54.4 Å². The Balaban J connectivity index is 2.07. The Morgan fingerprint density at radius 2 is 2.10 bits per heavy atom. The number of halogens is 1. The summed E-state index contributed by atoms with van der Waals surface area (Å²) in [7, 11) is 1.37. The molecule has 0 saturated heterocycles. The zero-order chi connectivity index (χ0) is 15.6. The quantitative estimate of drug-likeness (QED) is 0.915. The Morgan fingerprint density at radius 3 is 2.71 bits per heavy atom. The molecule has 2 aromatic rings. The molecule has 112 valence electrons. The number of amides is 1. The normalized spacial score (nSPS) is 12.1. The second kappa shape index (κ2) is 6.28. The van der Waals surface area contributed by atoms with Crippen molar-refractivity contribution in [2.24, 2.45) is 7.05 Å². The fourth-order valence-electron chi connectivity index (χ4n) is 1.81. The summed E-state index contributed by atoms with van der Waals surface area (Å²) in [5, 5.41) is 2.79. The zero-order valence-electron chi connectivity index (χ0n) is 11.5. The molecule has 1 amide bonds. The van der Waals surface area contributed by atoms with Gasteiger partial charge in [0.1, 0.15) is 6.54 Å². The smallest absolute Gasteiger partial charge is 0.331 e. The van der Waals surface area contributed by atoms with Crippen molar-refractivity contribution in [2.75, 3.05) is 0 Å². The van der Waals surface area contributed by atoms with Crippen molar-refractivity contribution in [3.63, 3.8) is 0 Å². The molecule has 0 spiro atoms. The van der Waals surface area contributed by atoms with E-state index < -0.39 is 11.2 Å². The van der Waals surface area contributed by atoms with Crippen LogP contribution in [-0.4, -0.2) is 15.0 Å². The van der Waals surface area contributed by atoms with Crippen LogP contribution in [0.25, 0.3) is 0 Å². The summed E-state index contributed by atoms with van der Waals surface area (Å²) in [6.45, 7) is 1.69. The average Bonchev–Trinajstić information content (AvgIpc) is 2.86. The Labute approximate surface area is 129 Å². The third-order valence-corrected chi connectivity index (χ3v) is 4.39. The number of carbonyl (C=O) groups excluding carboxylic acids is 1. The molecule has 0 saturated carbocycles. The van der Waals surface area contributed by atoms with Gasteiger partial charge in [-0.1, -0.05) is 11.6 Å². The molecular formula is C13H14ClN3O3S. The van der Waals surface area contributed by atoms with Crippen molar-refractivity contribution < 1.29 is 4.79 Å². The van der Waals surface area contributed by atoms with Crippen LogP contribution in [0.4, 0.5) is 0 Å². The minimum atomic E-state index is -0.524. The van der Waals surface area contributed by atoms with Crippen LogP contribution in [0.5, 0.6) is 0 Å². The Morgan fingerprint density at radius 1 is 1.38 bits per heavy atom. The molecule has 1 atom stereocenters. The van der Waals surface area contributed by atoms with Gasteiger partial charge in [0, 0.05) is 24.2 Å². The first kappa shape index (κ1) is 15.5. The fourth-order valence-corrected chi connectivity index (χ4v) is 2.87. The summed E-state index contributed by atoms with van der Waals surface area (Å²) < 4.78 is 2.79. The van der Waals surface area contributed by atoms with Gasteiger partial charge in [0.25, 0.3) is 5.56 Å². The van der Waals surface area contributed by atoms with Crippen LogP contribution in [-0.2, 0) is 18.4 Å². The third kappa shape index (κ3) is 3.62. The minimum Gasteiger partial charge on any atom is -0.347 e. The molecule has 2 rings (SSSR count). The summed E-state index contributed by atoms with van der Waals surface area (Å²) in [4.78, 5) is 36.0. The fraction of sp³-hybridized carbons (Fsp3) is 0.308. The second-order valence-electron chi connectivity index (χ2n) is 4.55. The summed E-state index contributed by atoms with van der Waals surface area (Å²) in [6, 6.07) is 4.66. The van der Waals surface area contributed by atoms with Gasteiger partial charge in [0.05, 0.1) is 10.4 Å². The van der Waals surface area contributed by atoms with E-state index in [9.17, 15) is 14.4 Å². The largest absolute Gasteiger partial charge is 0.347 e. The van der Waals surface area contributed by atoms with Crippen molar-refractivity contribution in [1.29, 1.82) is 0 Å². The second-order valence-corrected chi connectivity index (χ2v) is 6.30. The number of rotatable bonds is 4. The van der Waals surface area contributed by atoms with E-state index in [4.69, 9.17) is 11.6 Å². The van der Waals surface area contributed by atoms with Crippen LogP contribution in [0.2, 0.25) is 4.34 Å². The Bertz CT molecular complexity index is 777. The highest BCUT2D eigenvalue weighted by Crippen LogP contribution is 2.26. The molecular weight excluding hydrogens is 314 g/mol. The van der Waals surface area contributed by atoms with Gasteiger partial charge in [-0.05, 0) is 19.1 Å². The number of hydrogen-bond donors (Lipinski definition) is 1. The van der Waals surface area contributed by atoms with Crippen LogP contribution < -0.4 is 16.6 Å². The molecule has 0 radical (unpaired) electrons. The number of thiophene rings is 1. The number of aromatic nitrogens is 2. The van der Waals surface area contributed by atoms with Crippen LogP contribution >= 0.6 is 22.9 Å². The standard InChI is InChI=1S/C13H14ClN3O3S/c1-8(9-3-4-10(14)21-9)15-11(18)7-17-6-5-12(19)16(2)13(17)20/h3-6,8H,7H2,1-2H3,(H,15,18)/t8-/m0/s1. The van der Waals surface area contributed by atoms with Gasteiger partial charge >= 0.3 is 5.69 Å². The lowest BCUT2D eigenvalue weighted by molar-refractivity contribution is -0.122. The predicted octanol–water partition coefficient (Wildman–Crippen LogP) is 1.14. The molecule has 0 unspecified atom stereocenters. The van der Waals surface area contributed by atoms with Gasteiger partial charge in [-0.3, -0.25) is 18.7 Å². The molecule has 1 N–H and O–H groups in total. The van der Waals surface area contributed by atoms with Gasteiger partial charge in [-0.25, -0.2) is 4.79 Å². The van der Waals surface area contributed by atoms with E-state index in [1.165, 1.54) is 35.2 Å². The Kier molecular flexibility index (Phi) is 4.64. The van der Waals surface area contributed by atoms with Crippen molar-refractivity contribution in [3.8, 4) is 0 Å². The SMILES string of the molecule is C[C@H](NC(=O)Cn1ccc(=O)n(C)c1=O)c1ccc(Cl)s1. The van der Waals surface area contributed by atoms with Gasteiger partial charge in [-0.2, -0.15) is 0 Å². The lowest BCUT2D eigenvalue weighted by atomic mass is 10.3. The number of carbonyl (C=O) groups is 1. The highest BCUT2D eigenvalue weighted by atomic mass is 35.5. The highest BCUT2D eigenvalue weighted by molar-refractivity contribution is 7.16. The van der Waals surface area contributed by atoms with E-state index in [0.717, 1.165) is 9.44 Å². The minimum absolute atomic E-state index is 0.142. The summed E-state index contributed by atoms with van der Waals surface area (Å²) in [5.41, 5.74) is -0.928. The number of nitrogens with one attached hydrogen (secondary N) is 1. The molecule has 0 aliphatic carbocycles. The summed E-state index contributed by atoms with van der Waals surface area (Å²) in [5.74, 6) is -0.312. The molecule has 6 nitrogen and oxygen atoms in total.